The highest BCUT2D eigenvalue weighted by Crippen LogP contribution is 2.29. The van der Waals surface area contributed by atoms with Gasteiger partial charge in [-0.25, -0.2) is 0 Å². The Morgan fingerprint density at radius 3 is 2.16 bits per heavy atom. The first-order chi connectivity index (χ1) is 9.08. The molecule has 0 heterocycles. The number of unbranched alkanes of at least 4 members (excludes halogenated alkanes) is 6. The zero-order chi connectivity index (χ0) is 14.1. The number of hydrogen-bond acceptors (Lipinski definition) is 1. The SMILES string of the molecule is CCCCCCCCCC(C)(O)c1ccccc1C. The lowest BCUT2D eigenvalue weighted by atomic mass is 9.87. The predicted molar refractivity (Wildman–Crippen MR) is 83.4 cm³/mol. The van der Waals surface area contributed by atoms with E-state index < -0.39 is 5.60 Å². The molecule has 0 saturated carbocycles. The second-order valence-electron chi connectivity index (χ2n) is 5.96. The van der Waals surface area contributed by atoms with Crippen molar-refractivity contribution in [1.29, 1.82) is 0 Å². The van der Waals surface area contributed by atoms with E-state index in [0.717, 1.165) is 18.4 Å². The van der Waals surface area contributed by atoms with Gasteiger partial charge in [-0.05, 0) is 31.4 Å². The Balaban J connectivity index is 2.30. The van der Waals surface area contributed by atoms with E-state index in [1.54, 1.807) is 0 Å². The standard InChI is InChI=1S/C18H30O/c1-4-5-6-7-8-9-12-15-18(3,19)17-14-11-10-13-16(17)2/h10-11,13-14,19H,4-9,12,15H2,1-3H3. The predicted octanol–water partition coefficient (Wildman–Crippen LogP) is 5.34. The topological polar surface area (TPSA) is 20.2 Å². The fraction of sp³-hybridized carbons (Fsp3) is 0.667. The molecule has 0 aromatic heterocycles. The van der Waals surface area contributed by atoms with Crippen LogP contribution in [0.15, 0.2) is 24.3 Å². The summed E-state index contributed by atoms with van der Waals surface area (Å²) in [6, 6.07) is 8.18. The summed E-state index contributed by atoms with van der Waals surface area (Å²) in [5, 5.41) is 10.6. The van der Waals surface area contributed by atoms with Gasteiger partial charge in [0.25, 0.3) is 0 Å². The fourth-order valence-corrected chi connectivity index (χ4v) is 2.74. The molecule has 0 radical (unpaired) electrons. The van der Waals surface area contributed by atoms with Crippen LogP contribution in [0.25, 0.3) is 0 Å². The van der Waals surface area contributed by atoms with Crippen molar-refractivity contribution in [2.24, 2.45) is 0 Å². The molecule has 1 unspecified atom stereocenters. The van der Waals surface area contributed by atoms with Crippen molar-refractivity contribution in [3.63, 3.8) is 0 Å². The molecule has 0 aliphatic heterocycles. The third-order valence-corrected chi connectivity index (χ3v) is 3.99. The average molecular weight is 262 g/mol. The number of benzene rings is 1. The summed E-state index contributed by atoms with van der Waals surface area (Å²) in [5.74, 6) is 0. The van der Waals surface area contributed by atoms with Gasteiger partial charge in [0.05, 0.1) is 5.60 Å². The molecule has 1 heteroatoms. The van der Waals surface area contributed by atoms with Crippen LogP contribution >= 0.6 is 0 Å². The second kappa shape index (κ2) is 8.37. The Kier molecular flexibility index (Phi) is 7.15. The molecule has 19 heavy (non-hydrogen) atoms. The average Bonchev–Trinajstić information content (AvgIpc) is 2.38. The van der Waals surface area contributed by atoms with Gasteiger partial charge in [-0.15, -0.1) is 0 Å². The van der Waals surface area contributed by atoms with Crippen LogP contribution in [0.1, 0.15) is 76.3 Å². The summed E-state index contributed by atoms with van der Waals surface area (Å²) in [6.45, 7) is 6.28. The Labute approximate surface area is 119 Å². The Morgan fingerprint density at radius 2 is 1.53 bits per heavy atom. The second-order valence-corrected chi connectivity index (χ2v) is 5.96. The summed E-state index contributed by atoms with van der Waals surface area (Å²) < 4.78 is 0. The van der Waals surface area contributed by atoms with Crippen molar-refractivity contribution in [2.45, 2.75) is 77.7 Å². The normalized spacial score (nSPS) is 14.3. The lowest BCUT2D eigenvalue weighted by Crippen LogP contribution is -2.22. The molecular formula is C18H30O. The van der Waals surface area contributed by atoms with Gasteiger partial charge in [-0.3, -0.25) is 0 Å². The van der Waals surface area contributed by atoms with Gasteiger partial charge in [0, 0.05) is 0 Å². The van der Waals surface area contributed by atoms with E-state index in [1.165, 1.54) is 44.1 Å². The highest BCUT2D eigenvalue weighted by molar-refractivity contribution is 5.30. The first-order valence-electron chi connectivity index (χ1n) is 7.86. The minimum atomic E-state index is -0.672. The van der Waals surface area contributed by atoms with Crippen LogP contribution in [0, 0.1) is 6.92 Å². The smallest absolute Gasteiger partial charge is 0.0871 e. The number of aryl methyl sites for hydroxylation is 1. The van der Waals surface area contributed by atoms with Crippen LogP contribution < -0.4 is 0 Å². The largest absolute Gasteiger partial charge is 0.385 e. The van der Waals surface area contributed by atoms with E-state index >= 15 is 0 Å². The van der Waals surface area contributed by atoms with Gasteiger partial charge in [0.2, 0.25) is 0 Å². The summed E-state index contributed by atoms with van der Waals surface area (Å²) in [7, 11) is 0. The molecule has 1 atom stereocenters. The fourth-order valence-electron chi connectivity index (χ4n) is 2.74. The maximum absolute atomic E-state index is 10.6. The molecule has 0 aliphatic rings. The van der Waals surface area contributed by atoms with Crippen molar-refractivity contribution in [1.82, 2.24) is 0 Å². The molecular weight excluding hydrogens is 232 g/mol. The first-order valence-corrected chi connectivity index (χ1v) is 7.86. The molecule has 1 rings (SSSR count). The van der Waals surface area contributed by atoms with Crippen molar-refractivity contribution >= 4 is 0 Å². The van der Waals surface area contributed by atoms with E-state index in [0.29, 0.717) is 0 Å². The van der Waals surface area contributed by atoms with Gasteiger partial charge in [-0.1, -0.05) is 76.1 Å². The highest BCUT2D eigenvalue weighted by atomic mass is 16.3. The molecule has 0 aliphatic carbocycles. The number of aliphatic hydroxyl groups is 1. The van der Waals surface area contributed by atoms with Gasteiger partial charge >= 0.3 is 0 Å². The van der Waals surface area contributed by atoms with Crippen LogP contribution in [0.2, 0.25) is 0 Å². The minimum Gasteiger partial charge on any atom is -0.385 e. The minimum absolute atomic E-state index is 0.672. The van der Waals surface area contributed by atoms with E-state index in [4.69, 9.17) is 0 Å². The molecule has 0 fully saturated rings. The zero-order valence-electron chi connectivity index (χ0n) is 12.9. The molecule has 0 bridgehead atoms. The maximum atomic E-state index is 10.6. The van der Waals surface area contributed by atoms with Gasteiger partial charge in [0.15, 0.2) is 0 Å². The van der Waals surface area contributed by atoms with E-state index in [1.807, 2.05) is 19.1 Å². The summed E-state index contributed by atoms with van der Waals surface area (Å²) in [6.07, 6.45) is 9.92. The molecule has 1 nitrogen and oxygen atoms in total. The third kappa shape index (κ3) is 5.78. The van der Waals surface area contributed by atoms with Crippen molar-refractivity contribution in [2.75, 3.05) is 0 Å². The molecule has 1 aromatic carbocycles. The van der Waals surface area contributed by atoms with Gasteiger partial charge < -0.3 is 5.11 Å². The molecule has 108 valence electrons. The maximum Gasteiger partial charge on any atom is 0.0871 e. The summed E-state index contributed by atoms with van der Waals surface area (Å²) >= 11 is 0. The zero-order valence-corrected chi connectivity index (χ0v) is 12.9. The van der Waals surface area contributed by atoms with Crippen LogP contribution in [0.3, 0.4) is 0 Å². The number of rotatable bonds is 9. The quantitative estimate of drug-likeness (QED) is 0.595. The van der Waals surface area contributed by atoms with Crippen LogP contribution in [0.4, 0.5) is 0 Å². The van der Waals surface area contributed by atoms with Crippen LogP contribution in [-0.4, -0.2) is 5.11 Å². The summed E-state index contributed by atoms with van der Waals surface area (Å²) in [5.41, 5.74) is 1.60. The highest BCUT2D eigenvalue weighted by Gasteiger charge is 2.23. The molecule has 1 N–H and O–H groups in total. The van der Waals surface area contributed by atoms with E-state index in [-0.39, 0.29) is 0 Å². The molecule has 1 aromatic rings. The monoisotopic (exact) mass is 262 g/mol. The number of hydrogen-bond donors (Lipinski definition) is 1. The molecule has 0 saturated heterocycles. The molecule has 0 spiro atoms. The van der Waals surface area contributed by atoms with Gasteiger partial charge in [-0.2, -0.15) is 0 Å². The van der Waals surface area contributed by atoms with E-state index in [9.17, 15) is 5.11 Å². The lowest BCUT2D eigenvalue weighted by molar-refractivity contribution is 0.0442. The molecule has 0 amide bonds. The van der Waals surface area contributed by atoms with Crippen molar-refractivity contribution in [3.8, 4) is 0 Å². The Bertz CT molecular complexity index is 354. The van der Waals surface area contributed by atoms with Crippen molar-refractivity contribution < 1.29 is 5.11 Å². The van der Waals surface area contributed by atoms with Crippen LogP contribution in [0.5, 0.6) is 0 Å². The van der Waals surface area contributed by atoms with E-state index in [2.05, 4.69) is 26.0 Å². The Hall–Kier alpha value is -0.820. The Morgan fingerprint density at radius 1 is 0.947 bits per heavy atom. The third-order valence-electron chi connectivity index (χ3n) is 3.99. The van der Waals surface area contributed by atoms with Crippen molar-refractivity contribution in [3.05, 3.63) is 35.4 Å². The first kappa shape index (κ1) is 16.2. The van der Waals surface area contributed by atoms with Crippen LogP contribution in [-0.2, 0) is 5.60 Å². The van der Waals surface area contributed by atoms with Gasteiger partial charge in [0.1, 0.15) is 0 Å². The summed E-state index contributed by atoms with van der Waals surface area (Å²) in [4.78, 5) is 0. The lowest BCUT2D eigenvalue weighted by Gasteiger charge is -2.25.